The van der Waals surface area contributed by atoms with Gasteiger partial charge in [0.1, 0.15) is 5.82 Å². The molecule has 3 nitrogen and oxygen atoms in total. The maximum atomic E-state index is 13.0. The first-order valence-electron chi connectivity index (χ1n) is 5.42. The van der Waals surface area contributed by atoms with E-state index < -0.39 is 5.82 Å². The van der Waals surface area contributed by atoms with E-state index in [0.717, 1.165) is 6.42 Å². The Labute approximate surface area is 105 Å². The second-order valence-corrected chi connectivity index (χ2v) is 4.55. The lowest BCUT2D eigenvalue weighted by molar-refractivity contribution is 0.0724. The number of benzene rings is 1. The molecule has 1 amide bonds. The van der Waals surface area contributed by atoms with E-state index >= 15 is 0 Å². The highest BCUT2D eigenvalue weighted by atomic mass is 32.1. The number of carbonyl (C=O) groups excluding carboxylic acids is 1. The van der Waals surface area contributed by atoms with Gasteiger partial charge < -0.3 is 9.64 Å². The summed E-state index contributed by atoms with van der Waals surface area (Å²) in [5.41, 5.74) is 0.466. The van der Waals surface area contributed by atoms with Crippen molar-refractivity contribution < 1.29 is 13.9 Å². The predicted octanol–water partition coefficient (Wildman–Crippen LogP) is 1.98. The molecule has 1 saturated heterocycles. The Bertz CT molecular complexity index is 439. The second kappa shape index (κ2) is 5.06. The van der Waals surface area contributed by atoms with Crippen molar-refractivity contribution in [2.45, 2.75) is 17.4 Å². The number of ether oxygens (including phenoxy) is 1. The van der Waals surface area contributed by atoms with E-state index in [0.29, 0.717) is 18.7 Å². The maximum absolute atomic E-state index is 13.0. The fraction of sp³-hybridized carbons (Fsp3) is 0.417. The Hall–Kier alpha value is -1.07. The highest BCUT2D eigenvalue weighted by Gasteiger charge is 2.26. The van der Waals surface area contributed by atoms with Gasteiger partial charge in [0, 0.05) is 30.7 Å². The smallest absolute Gasteiger partial charge is 0.253 e. The minimum absolute atomic E-state index is 0.0974. The quantitative estimate of drug-likeness (QED) is 0.819. The van der Waals surface area contributed by atoms with Gasteiger partial charge in [-0.25, -0.2) is 4.39 Å². The first kappa shape index (κ1) is 12.4. The van der Waals surface area contributed by atoms with Gasteiger partial charge in [-0.2, -0.15) is 0 Å². The van der Waals surface area contributed by atoms with Crippen LogP contribution in [0.1, 0.15) is 16.8 Å². The van der Waals surface area contributed by atoms with Crippen molar-refractivity contribution in [1.29, 1.82) is 0 Å². The molecule has 0 aliphatic carbocycles. The number of carbonyl (C=O) groups is 1. The highest BCUT2D eigenvalue weighted by Crippen LogP contribution is 2.19. The summed E-state index contributed by atoms with van der Waals surface area (Å²) in [6.07, 6.45) is 0.951. The van der Waals surface area contributed by atoms with Gasteiger partial charge in [0.15, 0.2) is 0 Å². The molecule has 0 bridgehead atoms. The highest BCUT2D eigenvalue weighted by molar-refractivity contribution is 7.80. The Morgan fingerprint density at radius 1 is 1.59 bits per heavy atom. The van der Waals surface area contributed by atoms with Gasteiger partial charge in [-0.05, 0) is 24.6 Å². The van der Waals surface area contributed by atoms with Crippen LogP contribution in [-0.2, 0) is 4.74 Å². The number of likely N-dealkylation sites (tertiary alicyclic amines) is 1. The molecule has 0 radical (unpaired) electrons. The summed E-state index contributed by atoms with van der Waals surface area (Å²) in [7, 11) is 1.64. The number of thiol groups is 1. The molecule has 0 spiro atoms. The monoisotopic (exact) mass is 255 g/mol. The summed E-state index contributed by atoms with van der Waals surface area (Å²) in [6.45, 7) is 1.27. The molecule has 1 heterocycles. The van der Waals surface area contributed by atoms with Crippen LogP contribution in [0.25, 0.3) is 0 Å². The van der Waals surface area contributed by atoms with E-state index in [1.165, 1.54) is 18.2 Å². The zero-order valence-electron chi connectivity index (χ0n) is 9.52. The van der Waals surface area contributed by atoms with Crippen molar-refractivity contribution >= 4 is 18.5 Å². The molecule has 1 fully saturated rings. The average Bonchev–Trinajstić information content (AvgIpc) is 2.80. The lowest BCUT2D eigenvalue weighted by Crippen LogP contribution is -2.29. The SMILES string of the molecule is COC1CCN(C(=O)c2ccc(F)c(S)c2)C1. The fourth-order valence-electron chi connectivity index (χ4n) is 1.93. The van der Waals surface area contributed by atoms with Gasteiger partial charge in [0.05, 0.1) is 6.10 Å². The van der Waals surface area contributed by atoms with E-state index in [4.69, 9.17) is 4.74 Å². The Morgan fingerprint density at radius 3 is 2.94 bits per heavy atom. The van der Waals surface area contributed by atoms with Crippen LogP contribution < -0.4 is 0 Å². The topological polar surface area (TPSA) is 29.5 Å². The molecule has 1 aromatic carbocycles. The van der Waals surface area contributed by atoms with Crippen LogP contribution in [0.5, 0.6) is 0 Å². The average molecular weight is 255 g/mol. The second-order valence-electron chi connectivity index (χ2n) is 4.06. The molecule has 1 aromatic rings. The first-order chi connectivity index (χ1) is 8.11. The van der Waals surface area contributed by atoms with Crippen LogP contribution in [0.15, 0.2) is 23.1 Å². The summed E-state index contributed by atoms with van der Waals surface area (Å²) < 4.78 is 18.2. The molecule has 1 atom stereocenters. The molecular formula is C12H14FNO2S. The zero-order chi connectivity index (χ0) is 12.4. The molecule has 0 aromatic heterocycles. The molecule has 5 heteroatoms. The molecular weight excluding hydrogens is 241 g/mol. The van der Waals surface area contributed by atoms with Gasteiger partial charge >= 0.3 is 0 Å². The molecule has 1 aliphatic rings. The minimum Gasteiger partial charge on any atom is -0.380 e. The minimum atomic E-state index is -0.416. The van der Waals surface area contributed by atoms with Crippen molar-refractivity contribution in [3.05, 3.63) is 29.6 Å². The van der Waals surface area contributed by atoms with Gasteiger partial charge in [0.25, 0.3) is 5.91 Å². The normalized spacial score (nSPS) is 19.7. The van der Waals surface area contributed by atoms with E-state index in [1.807, 2.05) is 0 Å². The number of amides is 1. The van der Waals surface area contributed by atoms with Gasteiger partial charge in [-0.3, -0.25) is 4.79 Å². The molecule has 0 N–H and O–H groups in total. The molecule has 1 aliphatic heterocycles. The summed E-state index contributed by atoms with van der Waals surface area (Å²) >= 11 is 3.97. The number of hydrogen-bond acceptors (Lipinski definition) is 3. The Morgan fingerprint density at radius 2 is 2.35 bits per heavy atom. The van der Waals surface area contributed by atoms with Crippen molar-refractivity contribution in [2.24, 2.45) is 0 Å². The molecule has 92 valence electrons. The van der Waals surface area contributed by atoms with Gasteiger partial charge in [-0.1, -0.05) is 0 Å². The van der Waals surface area contributed by atoms with E-state index in [2.05, 4.69) is 12.6 Å². The van der Waals surface area contributed by atoms with Crippen molar-refractivity contribution in [1.82, 2.24) is 4.90 Å². The lowest BCUT2D eigenvalue weighted by Gasteiger charge is -2.16. The summed E-state index contributed by atoms with van der Waals surface area (Å²) in [5, 5.41) is 0. The molecule has 0 saturated carbocycles. The number of rotatable bonds is 2. The predicted molar refractivity (Wildman–Crippen MR) is 65.0 cm³/mol. The third-order valence-electron chi connectivity index (χ3n) is 2.96. The number of halogens is 1. The summed E-state index contributed by atoms with van der Waals surface area (Å²) in [4.78, 5) is 14.0. The first-order valence-corrected chi connectivity index (χ1v) is 5.87. The zero-order valence-corrected chi connectivity index (χ0v) is 10.4. The summed E-state index contributed by atoms with van der Waals surface area (Å²) in [6, 6.07) is 4.21. The van der Waals surface area contributed by atoms with Crippen molar-refractivity contribution in [3.8, 4) is 0 Å². The van der Waals surface area contributed by atoms with Gasteiger partial charge in [0.2, 0.25) is 0 Å². The van der Waals surface area contributed by atoms with E-state index in [1.54, 1.807) is 12.0 Å². The van der Waals surface area contributed by atoms with Gasteiger partial charge in [-0.15, -0.1) is 12.6 Å². The van der Waals surface area contributed by atoms with E-state index in [9.17, 15) is 9.18 Å². The fourth-order valence-corrected chi connectivity index (χ4v) is 2.15. The largest absolute Gasteiger partial charge is 0.380 e. The molecule has 2 rings (SSSR count). The van der Waals surface area contributed by atoms with Crippen LogP contribution in [0, 0.1) is 5.82 Å². The Balaban J connectivity index is 2.12. The van der Waals surface area contributed by atoms with Crippen molar-refractivity contribution in [3.63, 3.8) is 0 Å². The van der Waals surface area contributed by atoms with Crippen LogP contribution in [0.4, 0.5) is 4.39 Å². The van der Waals surface area contributed by atoms with Crippen molar-refractivity contribution in [2.75, 3.05) is 20.2 Å². The van der Waals surface area contributed by atoms with Crippen LogP contribution in [0.2, 0.25) is 0 Å². The molecule has 17 heavy (non-hydrogen) atoms. The standard InChI is InChI=1S/C12H14FNO2S/c1-16-9-4-5-14(7-9)12(15)8-2-3-10(13)11(17)6-8/h2-3,6,9,17H,4-5,7H2,1H3. The number of nitrogens with zero attached hydrogens (tertiary/aromatic N) is 1. The van der Waals surface area contributed by atoms with Crippen LogP contribution in [-0.4, -0.2) is 37.1 Å². The van der Waals surface area contributed by atoms with E-state index in [-0.39, 0.29) is 16.9 Å². The van der Waals surface area contributed by atoms with Crippen LogP contribution >= 0.6 is 12.6 Å². The van der Waals surface area contributed by atoms with Crippen LogP contribution in [0.3, 0.4) is 0 Å². The molecule has 1 unspecified atom stereocenters. The maximum Gasteiger partial charge on any atom is 0.253 e. The summed E-state index contributed by atoms with van der Waals surface area (Å²) in [5.74, 6) is -0.513. The number of hydrogen-bond donors (Lipinski definition) is 1. The Kier molecular flexibility index (Phi) is 3.69. The third kappa shape index (κ3) is 2.61. The number of methoxy groups -OCH3 is 1. The third-order valence-corrected chi connectivity index (χ3v) is 3.30. The lowest BCUT2D eigenvalue weighted by atomic mass is 10.2.